The molecule has 2 atom stereocenters. The molecule has 0 aliphatic carbocycles. The maximum atomic E-state index is 13.1. The molecule has 4 nitrogen and oxygen atoms in total. The molecule has 0 aromatic carbocycles. The van der Waals surface area contributed by atoms with Crippen LogP contribution in [0.4, 0.5) is 10.2 Å². The number of carbonyl (C=O) groups excluding carboxylic acids is 1. The highest BCUT2D eigenvalue weighted by Gasteiger charge is 2.25. The molecule has 0 unspecified atom stereocenters. The van der Waals surface area contributed by atoms with E-state index in [-0.39, 0.29) is 12.2 Å². The third kappa shape index (κ3) is 2.61. The van der Waals surface area contributed by atoms with E-state index in [4.69, 9.17) is 4.74 Å². The Morgan fingerprint density at radius 3 is 2.65 bits per heavy atom. The standard InChI is InChI=1S/C12H15FN2O2/c1-8-5-15(6-9(2)17-8)12-10(7-16)3-4-11(13)14-12/h3-4,7-9H,5-6H2,1-2H3/t8-,9+. The molecule has 1 aromatic heterocycles. The Morgan fingerprint density at radius 2 is 2.06 bits per heavy atom. The van der Waals surface area contributed by atoms with E-state index in [1.165, 1.54) is 12.1 Å². The summed E-state index contributed by atoms with van der Waals surface area (Å²) in [5, 5.41) is 0. The highest BCUT2D eigenvalue weighted by molar-refractivity contribution is 5.82. The van der Waals surface area contributed by atoms with E-state index in [9.17, 15) is 9.18 Å². The summed E-state index contributed by atoms with van der Waals surface area (Å²) in [6, 6.07) is 2.65. The Morgan fingerprint density at radius 1 is 1.41 bits per heavy atom. The molecule has 2 rings (SSSR count). The highest BCUT2D eigenvalue weighted by Crippen LogP contribution is 2.21. The molecule has 0 spiro atoms. The minimum atomic E-state index is -0.572. The summed E-state index contributed by atoms with van der Waals surface area (Å²) in [5.41, 5.74) is 0.410. The lowest BCUT2D eigenvalue weighted by molar-refractivity contribution is -0.00554. The van der Waals surface area contributed by atoms with Crippen LogP contribution < -0.4 is 4.90 Å². The maximum absolute atomic E-state index is 13.1. The number of rotatable bonds is 2. The van der Waals surface area contributed by atoms with Gasteiger partial charge in [0, 0.05) is 13.1 Å². The van der Waals surface area contributed by atoms with Gasteiger partial charge in [0.1, 0.15) is 5.82 Å². The largest absolute Gasteiger partial charge is 0.372 e. The molecule has 0 N–H and O–H groups in total. The van der Waals surface area contributed by atoms with Crippen LogP contribution in [0, 0.1) is 5.95 Å². The topological polar surface area (TPSA) is 42.4 Å². The molecule has 0 amide bonds. The Balaban J connectivity index is 2.31. The summed E-state index contributed by atoms with van der Waals surface area (Å²) < 4.78 is 18.7. The van der Waals surface area contributed by atoms with Crippen molar-refractivity contribution >= 4 is 12.1 Å². The monoisotopic (exact) mass is 238 g/mol. The van der Waals surface area contributed by atoms with Crippen LogP contribution >= 0.6 is 0 Å². The Hall–Kier alpha value is -1.49. The molecule has 1 fully saturated rings. The average Bonchev–Trinajstić information content (AvgIpc) is 2.27. The second-order valence-electron chi connectivity index (χ2n) is 4.33. The Labute approximate surface area is 99.4 Å². The summed E-state index contributed by atoms with van der Waals surface area (Å²) in [6.45, 7) is 5.12. The van der Waals surface area contributed by atoms with Crippen molar-refractivity contribution in [2.75, 3.05) is 18.0 Å². The first-order valence-electron chi connectivity index (χ1n) is 5.62. The zero-order valence-corrected chi connectivity index (χ0v) is 9.89. The molecular weight excluding hydrogens is 223 g/mol. The van der Waals surface area contributed by atoms with E-state index in [0.29, 0.717) is 30.8 Å². The van der Waals surface area contributed by atoms with E-state index < -0.39 is 5.95 Å². The second-order valence-corrected chi connectivity index (χ2v) is 4.33. The fraction of sp³-hybridized carbons (Fsp3) is 0.500. The van der Waals surface area contributed by atoms with Crippen LogP contribution in [0.15, 0.2) is 12.1 Å². The Bertz CT molecular complexity index is 415. The van der Waals surface area contributed by atoms with Gasteiger partial charge in [-0.15, -0.1) is 0 Å². The lowest BCUT2D eigenvalue weighted by Crippen LogP contribution is -2.46. The van der Waals surface area contributed by atoms with Crippen LogP contribution in [-0.4, -0.2) is 36.6 Å². The van der Waals surface area contributed by atoms with Crippen molar-refractivity contribution < 1.29 is 13.9 Å². The molecule has 0 bridgehead atoms. The summed E-state index contributed by atoms with van der Waals surface area (Å²) in [5.74, 6) is -0.167. The van der Waals surface area contributed by atoms with E-state index in [0.717, 1.165) is 0 Å². The SMILES string of the molecule is C[C@@H]1CN(c2nc(F)ccc2C=O)C[C@H](C)O1. The number of ether oxygens (including phenoxy) is 1. The molecule has 1 aromatic rings. The maximum Gasteiger partial charge on any atom is 0.214 e. The van der Waals surface area contributed by atoms with Crippen molar-refractivity contribution in [1.82, 2.24) is 4.98 Å². The van der Waals surface area contributed by atoms with Gasteiger partial charge in [-0.3, -0.25) is 4.79 Å². The smallest absolute Gasteiger partial charge is 0.214 e. The average molecular weight is 238 g/mol. The molecule has 0 saturated carbocycles. The molecule has 1 aliphatic rings. The van der Waals surface area contributed by atoms with E-state index in [1.54, 1.807) is 0 Å². The van der Waals surface area contributed by atoms with Crippen molar-refractivity contribution in [2.24, 2.45) is 0 Å². The number of nitrogens with zero attached hydrogens (tertiary/aromatic N) is 2. The molecule has 1 aliphatic heterocycles. The van der Waals surface area contributed by atoms with Crippen LogP contribution in [0.25, 0.3) is 0 Å². The minimum absolute atomic E-state index is 0.0447. The number of pyridine rings is 1. The Kier molecular flexibility index (Phi) is 3.38. The first kappa shape index (κ1) is 12.0. The molecule has 2 heterocycles. The third-order valence-electron chi connectivity index (χ3n) is 2.72. The van der Waals surface area contributed by atoms with Gasteiger partial charge in [0.2, 0.25) is 5.95 Å². The molecule has 5 heteroatoms. The lowest BCUT2D eigenvalue weighted by Gasteiger charge is -2.36. The van der Waals surface area contributed by atoms with Crippen LogP contribution in [0.3, 0.4) is 0 Å². The van der Waals surface area contributed by atoms with Crippen LogP contribution in [0.5, 0.6) is 0 Å². The predicted molar refractivity (Wildman–Crippen MR) is 61.8 cm³/mol. The fourth-order valence-corrected chi connectivity index (χ4v) is 2.13. The lowest BCUT2D eigenvalue weighted by atomic mass is 10.2. The first-order valence-corrected chi connectivity index (χ1v) is 5.62. The summed E-state index contributed by atoms with van der Waals surface area (Å²) in [6.07, 6.45) is 0.790. The highest BCUT2D eigenvalue weighted by atomic mass is 19.1. The van der Waals surface area contributed by atoms with E-state index in [2.05, 4.69) is 4.98 Å². The number of halogens is 1. The van der Waals surface area contributed by atoms with Crippen LogP contribution in [0.1, 0.15) is 24.2 Å². The van der Waals surface area contributed by atoms with Gasteiger partial charge in [0.25, 0.3) is 0 Å². The third-order valence-corrected chi connectivity index (χ3v) is 2.72. The molecule has 17 heavy (non-hydrogen) atoms. The van der Waals surface area contributed by atoms with Gasteiger partial charge in [-0.1, -0.05) is 0 Å². The molecular formula is C12H15FN2O2. The van der Waals surface area contributed by atoms with Gasteiger partial charge < -0.3 is 9.64 Å². The number of carbonyl (C=O) groups is 1. The normalized spacial score (nSPS) is 24.8. The molecule has 92 valence electrons. The predicted octanol–water partition coefficient (Wildman–Crippen LogP) is 1.65. The van der Waals surface area contributed by atoms with Crippen molar-refractivity contribution in [3.05, 3.63) is 23.6 Å². The summed E-state index contributed by atoms with van der Waals surface area (Å²) in [7, 11) is 0. The van der Waals surface area contributed by atoms with Gasteiger partial charge in [-0.2, -0.15) is 4.39 Å². The molecule has 0 radical (unpaired) electrons. The van der Waals surface area contributed by atoms with Crippen LogP contribution in [-0.2, 0) is 4.74 Å². The van der Waals surface area contributed by atoms with E-state index >= 15 is 0 Å². The second kappa shape index (κ2) is 4.79. The number of anilines is 1. The summed E-state index contributed by atoms with van der Waals surface area (Å²) in [4.78, 5) is 16.6. The minimum Gasteiger partial charge on any atom is -0.372 e. The van der Waals surface area contributed by atoms with Crippen molar-refractivity contribution in [1.29, 1.82) is 0 Å². The van der Waals surface area contributed by atoms with Gasteiger partial charge >= 0.3 is 0 Å². The van der Waals surface area contributed by atoms with Gasteiger partial charge in [-0.05, 0) is 26.0 Å². The number of aldehydes is 1. The quantitative estimate of drug-likeness (QED) is 0.580. The molecule has 1 saturated heterocycles. The zero-order chi connectivity index (χ0) is 12.4. The van der Waals surface area contributed by atoms with Gasteiger partial charge in [0.05, 0.1) is 17.8 Å². The van der Waals surface area contributed by atoms with Gasteiger partial charge in [0.15, 0.2) is 6.29 Å². The number of morpholine rings is 1. The zero-order valence-electron chi connectivity index (χ0n) is 9.89. The number of hydrogen-bond acceptors (Lipinski definition) is 4. The van der Waals surface area contributed by atoms with Crippen molar-refractivity contribution in [2.45, 2.75) is 26.1 Å². The number of aromatic nitrogens is 1. The fourth-order valence-electron chi connectivity index (χ4n) is 2.13. The van der Waals surface area contributed by atoms with Crippen LogP contribution in [0.2, 0.25) is 0 Å². The van der Waals surface area contributed by atoms with Crippen molar-refractivity contribution in [3.63, 3.8) is 0 Å². The first-order chi connectivity index (χ1) is 8.10. The van der Waals surface area contributed by atoms with Gasteiger partial charge in [-0.25, -0.2) is 4.98 Å². The van der Waals surface area contributed by atoms with Crippen molar-refractivity contribution in [3.8, 4) is 0 Å². The van der Waals surface area contributed by atoms with E-state index in [1.807, 2.05) is 18.7 Å². The summed E-state index contributed by atoms with van der Waals surface area (Å²) >= 11 is 0. The number of hydrogen-bond donors (Lipinski definition) is 0.